The first-order valence-corrected chi connectivity index (χ1v) is 7.65. The number of nitrogens with one attached hydrogen (secondary N) is 1. The lowest BCUT2D eigenvalue weighted by Crippen LogP contribution is -1.82. The molecule has 108 valence electrons. The molecular weight excluding hydrogens is 292 g/mol. The van der Waals surface area contributed by atoms with E-state index in [2.05, 4.69) is 41.2 Å². The molecule has 0 aliphatic rings. The normalized spacial score (nSPS) is 11.4. The number of benzene rings is 2. The minimum absolute atomic E-state index is 0.749. The van der Waals surface area contributed by atoms with Crippen molar-refractivity contribution in [2.24, 2.45) is 0 Å². The van der Waals surface area contributed by atoms with Gasteiger partial charge in [-0.15, -0.1) is 0 Å². The third kappa shape index (κ3) is 1.99. The maximum absolute atomic E-state index is 6.37. The predicted octanol–water partition coefficient (Wildman–Crippen LogP) is 5.65. The van der Waals surface area contributed by atoms with Crippen LogP contribution >= 0.6 is 11.6 Å². The van der Waals surface area contributed by atoms with Gasteiger partial charge in [0.05, 0.1) is 16.7 Å². The lowest BCUT2D eigenvalue weighted by Gasteiger charge is -2.05. The predicted molar refractivity (Wildman–Crippen MR) is 93.5 cm³/mol. The molecule has 1 N–H and O–H groups in total. The Morgan fingerprint density at radius 1 is 0.909 bits per heavy atom. The third-order valence-electron chi connectivity index (χ3n) is 4.15. The third-order valence-corrected chi connectivity index (χ3v) is 4.36. The SMILES string of the molecule is Cc1ccc(-c2cc(Cl)cc3c2[nH]c2c(C)nccc23)cc1. The minimum atomic E-state index is 0.749. The highest BCUT2D eigenvalue weighted by Gasteiger charge is 2.12. The smallest absolute Gasteiger partial charge is 0.0681 e. The molecule has 2 aromatic carbocycles. The Bertz CT molecular complexity index is 997. The Labute approximate surface area is 133 Å². The van der Waals surface area contributed by atoms with Crippen molar-refractivity contribution < 1.29 is 0 Å². The lowest BCUT2D eigenvalue weighted by atomic mass is 10.0. The summed E-state index contributed by atoms with van der Waals surface area (Å²) < 4.78 is 0. The maximum atomic E-state index is 6.37. The number of aromatic nitrogens is 2. The molecule has 0 aliphatic heterocycles. The van der Waals surface area contributed by atoms with E-state index in [1.165, 1.54) is 10.9 Å². The summed E-state index contributed by atoms with van der Waals surface area (Å²) in [5.74, 6) is 0. The molecule has 3 heteroatoms. The summed E-state index contributed by atoms with van der Waals surface area (Å²) >= 11 is 6.37. The second-order valence-corrected chi connectivity index (χ2v) is 6.12. The van der Waals surface area contributed by atoms with E-state index < -0.39 is 0 Å². The van der Waals surface area contributed by atoms with Crippen LogP contribution in [-0.4, -0.2) is 9.97 Å². The summed E-state index contributed by atoms with van der Waals surface area (Å²) in [4.78, 5) is 7.91. The molecule has 22 heavy (non-hydrogen) atoms. The molecule has 0 unspecified atom stereocenters. The zero-order chi connectivity index (χ0) is 15.3. The van der Waals surface area contributed by atoms with Crippen LogP contribution in [0.3, 0.4) is 0 Å². The van der Waals surface area contributed by atoms with Gasteiger partial charge in [-0.25, -0.2) is 0 Å². The van der Waals surface area contributed by atoms with E-state index in [4.69, 9.17) is 11.6 Å². The van der Waals surface area contributed by atoms with E-state index in [-0.39, 0.29) is 0 Å². The van der Waals surface area contributed by atoms with Gasteiger partial charge >= 0.3 is 0 Å². The van der Waals surface area contributed by atoms with Gasteiger partial charge in [-0.3, -0.25) is 4.98 Å². The monoisotopic (exact) mass is 306 g/mol. The van der Waals surface area contributed by atoms with Gasteiger partial charge in [0.15, 0.2) is 0 Å². The molecule has 2 aromatic heterocycles. The highest BCUT2D eigenvalue weighted by atomic mass is 35.5. The van der Waals surface area contributed by atoms with Gasteiger partial charge in [0.25, 0.3) is 0 Å². The van der Waals surface area contributed by atoms with Crippen LogP contribution in [0.15, 0.2) is 48.7 Å². The van der Waals surface area contributed by atoms with Crippen LogP contribution in [-0.2, 0) is 0 Å². The van der Waals surface area contributed by atoms with Crippen LogP contribution in [0.1, 0.15) is 11.3 Å². The van der Waals surface area contributed by atoms with Crippen molar-refractivity contribution in [1.29, 1.82) is 0 Å². The molecule has 0 bridgehead atoms. The zero-order valence-corrected chi connectivity index (χ0v) is 13.2. The average Bonchev–Trinajstić information content (AvgIpc) is 2.88. The van der Waals surface area contributed by atoms with Crippen LogP contribution in [0.4, 0.5) is 0 Å². The summed E-state index contributed by atoms with van der Waals surface area (Å²) in [6.07, 6.45) is 1.84. The maximum Gasteiger partial charge on any atom is 0.0681 e. The van der Waals surface area contributed by atoms with Gasteiger partial charge < -0.3 is 4.98 Å². The second kappa shape index (κ2) is 4.85. The number of hydrogen-bond donors (Lipinski definition) is 1. The van der Waals surface area contributed by atoms with Crippen LogP contribution in [0.2, 0.25) is 5.02 Å². The van der Waals surface area contributed by atoms with Gasteiger partial charge in [-0.05, 0) is 37.6 Å². The molecule has 4 aromatic rings. The number of nitrogens with zero attached hydrogens (tertiary/aromatic N) is 1. The van der Waals surface area contributed by atoms with Gasteiger partial charge in [0.2, 0.25) is 0 Å². The standard InChI is InChI=1S/C19H15ClN2/c1-11-3-5-13(6-4-11)16-9-14(20)10-17-15-7-8-21-12(2)18(15)22-19(16)17/h3-10,22H,1-2H3. The van der Waals surface area contributed by atoms with Crippen molar-refractivity contribution in [2.45, 2.75) is 13.8 Å². The van der Waals surface area contributed by atoms with Crippen molar-refractivity contribution in [3.63, 3.8) is 0 Å². The van der Waals surface area contributed by atoms with Gasteiger partial charge in [0.1, 0.15) is 0 Å². The molecule has 4 rings (SSSR count). The number of H-pyrrole nitrogens is 1. The first-order valence-electron chi connectivity index (χ1n) is 7.27. The van der Waals surface area contributed by atoms with E-state index >= 15 is 0 Å². The van der Waals surface area contributed by atoms with Crippen LogP contribution < -0.4 is 0 Å². The molecule has 0 atom stereocenters. The van der Waals surface area contributed by atoms with E-state index in [1.807, 2.05) is 31.3 Å². The second-order valence-electron chi connectivity index (χ2n) is 5.69. The largest absolute Gasteiger partial charge is 0.353 e. The summed E-state index contributed by atoms with van der Waals surface area (Å²) in [6, 6.07) is 14.6. The van der Waals surface area contributed by atoms with Crippen molar-refractivity contribution in [2.75, 3.05) is 0 Å². The van der Waals surface area contributed by atoms with Crippen molar-refractivity contribution in [1.82, 2.24) is 9.97 Å². The van der Waals surface area contributed by atoms with E-state index in [0.29, 0.717) is 0 Å². The Balaban J connectivity index is 2.12. The van der Waals surface area contributed by atoms with Crippen molar-refractivity contribution >= 4 is 33.4 Å². The number of halogens is 1. The number of rotatable bonds is 1. The molecule has 0 amide bonds. The molecule has 2 nitrogen and oxygen atoms in total. The van der Waals surface area contributed by atoms with Gasteiger partial charge in [0, 0.05) is 27.6 Å². The van der Waals surface area contributed by atoms with E-state index in [0.717, 1.165) is 38.3 Å². The summed E-state index contributed by atoms with van der Waals surface area (Å²) in [6.45, 7) is 4.11. The molecule has 0 saturated carbocycles. The zero-order valence-electron chi connectivity index (χ0n) is 12.4. The number of fused-ring (bicyclic) bond motifs is 3. The van der Waals surface area contributed by atoms with Gasteiger partial charge in [-0.2, -0.15) is 0 Å². The Hall–Kier alpha value is -2.32. The van der Waals surface area contributed by atoms with E-state index in [1.54, 1.807) is 0 Å². The fourth-order valence-corrected chi connectivity index (χ4v) is 3.21. The molecular formula is C19H15ClN2. The molecule has 0 saturated heterocycles. The van der Waals surface area contributed by atoms with Gasteiger partial charge in [-0.1, -0.05) is 41.4 Å². The minimum Gasteiger partial charge on any atom is -0.353 e. The highest BCUT2D eigenvalue weighted by molar-refractivity contribution is 6.32. The number of pyridine rings is 1. The lowest BCUT2D eigenvalue weighted by molar-refractivity contribution is 1.22. The first-order chi connectivity index (χ1) is 10.6. The highest BCUT2D eigenvalue weighted by Crippen LogP contribution is 2.36. The average molecular weight is 307 g/mol. The molecule has 2 heterocycles. The number of hydrogen-bond acceptors (Lipinski definition) is 1. The summed E-state index contributed by atoms with van der Waals surface area (Å²) in [5, 5.41) is 3.06. The number of aromatic amines is 1. The van der Waals surface area contributed by atoms with Crippen LogP contribution in [0, 0.1) is 13.8 Å². The van der Waals surface area contributed by atoms with E-state index in [9.17, 15) is 0 Å². The quantitative estimate of drug-likeness (QED) is 0.483. The summed E-state index contributed by atoms with van der Waals surface area (Å²) in [5.41, 5.74) is 6.72. The molecule has 0 spiro atoms. The fourth-order valence-electron chi connectivity index (χ4n) is 2.99. The summed E-state index contributed by atoms with van der Waals surface area (Å²) in [7, 11) is 0. The Morgan fingerprint density at radius 2 is 1.68 bits per heavy atom. The fraction of sp³-hybridized carbons (Fsp3) is 0.105. The molecule has 0 radical (unpaired) electrons. The Morgan fingerprint density at radius 3 is 2.45 bits per heavy atom. The van der Waals surface area contributed by atoms with Crippen molar-refractivity contribution in [3.05, 3.63) is 64.9 Å². The number of aryl methyl sites for hydroxylation is 2. The first kappa shape index (κ1) is 13.4. The van der Waals surface area contributed by atoms with Crippen molar-refractivity contribution in [3.8, 4) is 11.1 Å². The molecule has 0 aliphatic carbocycles. The van der Waals surface area contributed by atoms with Crippen LogP contribution in [0.25, 0.3) is 32.9 Å². The topological polar surface area (TPSA) is 28.7 Å². The molecule has 0 fully saturated rings. The van der Waals surface area contributed by atoms with Crippen LogP contribution in [0.5, 0.6) is 0 Å². The Kier molecular flexibility index (Phi) is 2.95.